The highest BCUT2D eigenvalue weighted by Gasteiger charge is 2.29. The van der Waals surface area contributed by atoms with Gasteiger partial charge in [-0.1, -0.05) is 30.3 Å². The van der Waals surface area contributed by atoms with Gasteiger partial charge >= 0.3 is 12.1 Å². The van der Waals surface area contributed by atoms with Crippen molar-refractivity contribution < 1.29 is 32.5 Å². The minimum atomic E-state index is -4.34. The van der Waals surface area contributed by atoms with Crippen LogP contribution in [0.2, 0.25) is 0 Å². The predicted molar refractivity (Wildman–Crippen MR) is 97.8 cm³/mol. The van der Waals surface area contributed by atoms with Crippen LogP contribution in [0.15, 0.2) is 48.5 Å². The number of rotatable bonds is 9. The summed E-state index contributed by atoms with van der Waals surface area (Å²) in [6, 6.07) is 12.1. The largest absolute Gasteiger partial charge is 0.490 e. The highest BCUT2D eigenvalue weighted by molar-refractivity contribution is 5.66. The minimum absolute atomic E-state index is 0.0735. The zero-order valence-corrected chi connectivity index (χ0v) is 15.5. The number of carbonyl (C=O) groups excluding carboxylic acids is 1. The monoisotopic (exact) mass is 396 g/mol. The van der Waals surface area contributed by atoms with Gasteiger partial charge < -0.3 is 14.6 Å². The van der Waals surface area contributed by atoms with E-state index in [2.05, 4.69) is 0 Å². The van der Waals surface area contributed by atoms with E-state index in [4.69, 9.17) is 9.47 Å². The number of benzene rings is 2. The van der Waals surface area contributed by atoms with Crippen LogP contribution < -0.4 is 4.74 Å². The smallest absolute Gasteiger partial charge is 0.416 e. The molecule has 0 radical (unpaired) electrons. The van der Waals surface area contributed by atoms with E-state index in [0.717, 1.165) is 17.7 Å². The third-order valence-corrected chi connectivity index (χ3v) is 4.12. The van der Waals surface area contributed by atoms with Gasteiger partial charge in [0.05, 0.1) is 11.7 Å². The highest BCUT2D eigenvalue weighted by atomic mass is 19.4. The molecule has 1 unspecified atom stereocenters. The first kappa shape index (κ1) is 21.8. The molecular weight excluding hydrogens is 373 g/mol. The molecule has 2 rings (SSSR count). The second kappa shape index (κ2) is 10.1. The van der Waals surface area contributed by atoms with Crippen LogP contribution in [0.5, 0.6) is 5.75 Å². The molecule has 2 aromatic carbocycles. The average molecular weight is 396 g/mol. The molecule has 1 N–H and O–H groups in total. The number of aryl methyl sites for hydroxylation is 1. The highest BCUT2D eigenvalue weighted by Crippen LogP contribution is 2.29. The summed E-state index contributed by atoms with van der Waals surface area (Å²) >= 11 is 0. The lowest BCUT2D eigenvalue weighted by atomic mass is 10.0. The molecule has 0 heterocycles. The quantitative estimate of drug-likeness (QED) is 0.633. The molecule has 0 fully saturated rings. The van der Waals surface area contributed by atoms with Gasteiger partial charge in [0, 0.05) is 12.5 Å². The average Bonchev–Trinajstić information content (AvgIpc) is 2.65. The van der Waals surface area contributed by atoms with Crippen molar-refractivity contribution in [2.45, 2.75) is 45.1 Å². The molecule has 0 aliphatic heterocycles. The Morgan fingerprint density at radius 3 is 2.43 bits per heavy atom. The fourth-order valence-electron chi connectivity index (χ4n) is 2.61. The molecule has 1 atom stereocenters. The van der Waals surface area contributed by atoms with Crippen molar-refractivity contribution in [1.82, 2.24) is 0 Å². The van der Waals surface area contributed by atoms with Crippen LogP contribution in [0, 0.1) is 0 Å². The molecule has 0 saturated heterocycles. The van der Waals surface area contributed by atoms with E-state index in [1.54, 1.807) is 24.3 Å². The Morgan fingerprint density at radius 1 is 1.11 bits per heavy atom. The first-order valence-electron chi connectivity index (χ1n) is 8.94. The molecule has 0 spiro atoms. The zero-order valence-electron chi connectivity index (χ0n) is 15.5. The molecule has 0 aromatic heterocycles. The zero-order chi connectivity index (χ0) is 20.6. The number of hydrogen-bond acceptors (Lipinski definition) is 4. The molecule has 28 heavy (non-hydrogen) atoms. The van der Waals surface area contributed by atoms with Crippen LogP contribution in [-0.2, 0) is 28.7 Å². The van der Waals surface area contributed by atoms with Crippen molar-refractivity contribution in [2.24, 2.45) is 0 Å². The fourth-order valence-corrected chi connectivity index (χ4v) is 2.61. The second-order valence-electron chi connectivity index (χ2n) is 6.44. The summed E-state index contributed by atoms with van der Waals surface area (Å²) in [4.78, 5) is 10.9. The number of halogens is 3. The number of hydrogen-bond donors (Lipinski definition) is 1. The lowest BCUT2D eigenvalue weighted by molar-refractivity contribution is -0.142. The molecule has 7 heteroatoms. The van der Waals surface area contributed by atoms with E-state index in [1.165, 1.54) is 19.1 Å². The van der Waals surface area contributed by atoms with E-state index in [-0.39, 0.29) is 13.2 Å². The summed E-state index contributed by atoms with van der Waals surface area (Å²) in [5.41, 5.74) is 0.819. The fraction of sp³-hybridized carbons (Fsp3) is 0.381. The van der Waals surface area contributed by atoms with E-state index in [1.807, 2.05) is 0 Å². The maximum absolute atomic E-state index is 12.5. The molecule has 4 nitrogen and oxygen atoms in total. The number of carbonyl (C=O) groups is 1. The van der Waals surface area contributed by atoms with Gasteiger partial charge in [-0.25, -0.2) is 0 Å². The normalized spacial score (nSPS) is 12.5. The van der Waals surface area contributed by atoms with Crippen molar-refractivity contribution in [3.05, 3.63) is 65.2 Å². The second-order valence-corrected chi connectivity index (χ2v) is 6.44. The van der Waals surface area contributed by atoms with Crippen LogP contribution in [0.3, 0.4) is 0 Å². The number of esters is 1. The molecule has 0 saturated carbocycles. The summed E-state index contributed by atoms with van der Waals surface area (Å²) in [5, 5.41) is 10.1. The van der Waals surface area contributed by atoms with Gasteiger partial charge in [-0.2, -0.15) is 13.2 Å². The van der Waals surface area contributed by atoms with E-state index < -0.39 is 23.8 Å². The summed E-state index contributed by atoms with van der Waals surface area (Å²) < 4.78 is 48.2. The Morgan fingerprint density at radius 2 is 1.79 bits per heavy atom. The maximum atomic E-state index is 12.5. The number of aliphatic hydroxyl groups excluding tert-OH is 1. The van der Waals surface area contributed by atoms with Crippen molar-refractivity contribution in [1.29, 1.82) is 0 Å². The predicted octanol–water partition coefficient (Wildman–Crippen LogP) is 4.53. The topological polar surface area (TPSA) is 55.8 Å². The Balaban J connectivity index is 1.76. The Labute approximate surface area is 161 Å². The summed E-state index contributed by atoms with van der Waals surface area (Å²) in [7, 11) is 0. The van der Waals surface area contributed by atoms with Crippen LogP contribution in [0.1, 0.15) is 36.5 Å². The number of aliphatic hydroxyl groups is 1. The number of ether oxygens (including phenoxy) is 2. The standard InChI is InChI=1S/C21H23F3O4/c1-15(25)27-13-17-6-2-3-8-20(17)28-14-19(26)7-4-5-16-9-11-18(12-10-16)21(22,23)24/h2-3,6,8-12,19,26H,4-5,7,13-14H2,1H3. The van der Waals surface area contributed by atoms with Gasteiger partial charge in [-0.05, 0) is 43.0 Å². The maximum Gasteiger partial charge on any atom is 0.416 e. The van der Waals surface area contributed by atoms with Crippen molar-refractivity contribution >= 4 is 5.97 Å². The van der Waals surface area contributed by atoms with E-state index in [0.29, 0.717) is 30.6 Å². The number of alkyl halides is 3. The molecule has 0 aliphatic rings. The summed E-state index contributed by atoms with van der Waals surface area (Å²) in [6.07, 6.45) is -3.41. The summed E-state index contributed by atoms with van der Waals surface area (Å²) in [6.45, 7) is 1.49. The van der Waals surface area contributed by atoms with Gasteiger partial charge in [0.2, 0.25) is 0 Å². The SMILES string of the molecule is CC(=O)OCc1ccccc1OCC(O)CCCc1ccc(C(F)(F)F)cc1. The van der Waals surface area contributed by atoms with Crippen molar-refractivity contribution in [3.8, 4) is 5.75 Å². The molecule has 2 aromatic rings. The van der Waals surface area contributed by atoms with Gasteiger partial charge in [0.15, 0.2) is 0 Å². The first-order chi connectivity index (χ1) is 13.3. The summed E-state index contributed by atoms with van der Waals surface area (Å²) in [5.74, 6) is 0.142. The first-order valence-corrected chi connectivity index (χ1v) is 8.94. The number of para-hydroxylation sites is 1. The van der Waals surface area contributed by atoms with Gasteiger partial charge in [-0.15, -0.1) is 0 Å². The lowest BCUT2D eigenvalue weighted by Gasteiger charge is -2.15. The van der Waals surface area contributed by atoms with Gasteiger partial charge in [0.1, 0.15) is 19.0 Å². The van der Waals surface area contributed by atoms with Crippen molar-refractivity contribution in [2.75, 3.05) is 6.61 Å². The third kappa shape index (κ3) is 7.23. The minimum Gasteiger partial charge on any atom is -0.490 e. The van der Waals surface area contributed by atoms with Gasteiger partial charge in [-0.3, -0.25) is 4.79 Å². The molecular formula is C21H23F3O4. The lowest BCUT2D eigenvalue weighted by Crippen LogP contribution is -2.18. The molecule has 0 aliphatic carbocycles. The molecule has 152 valence electrons. The Bertz CT molecular complexity index is 757. The van der Waals surface area contributed by atoms with Crippen LogP contribution in [0.25, 0.3) is 0 Å². The van der Waals surface area contributed by atoms with Gasteiger partial charge in [0.25, 0.3) is 0 Å². The van der Waals surface area contributed by atoms with Crippen molar-refractivity contribution in [3.63, 3.8) is 0 Å². The van der Waals surface area contributed by atoms with Crippen LogP contribution in [-0.4, -0.2) is 23.8 Å². The Kier molecular flexibility index (Phi) is 7.87. The van der Waals surface area contributed by atoms with Crippen LogP contribution >= 0.6 is 0 Å². The third-order valence-electron chi connectivity index (χ3n) is 4.12. The van der Waals surface area contributed by atoms with Crippen LogP contribution in [0.4, 0.5) is 13.2 Å². The molecule has 0 amide bonds. The van der Waals surface area contributed by atoms with E-state index >= 15 is 0 Å². The molecule has 0 bridgehead atoms. The van der Waals surface area contributed by atoms with E-state index in [9.17, 15) is 23.1 Å². The Hall–Kier alpha value is -2.54.